The van der Waals surface area contributed by atoms with Crippen LogP contribution in [-0.4, -0.2) is 23.3 Å². The van der Waals surface area contributed by atoms with E-state index in [2.05, 4.69) is 10.1 Å². The van der Waals surface area contributed by atoms with Gasteiger partial charge in [0.15, 0.2) is 0 Å². The Morgan fingerprint density at radius 1 is 1.29 bits per heavy atom. The molecule has 0 spiro atoms. The predicted octanol–water partition coefficient (Wildman–Crippen LogP) is 2.81. The van der Waals surface area contributed by atoms with Gasteiger partial charge in [-0.2, -0.15) is 4.98 Å². The Labute approximate surface area is 124 Å². The van der Waals surface area contributed by atoms with Gasteiger partial charge in [0.05, 0.1) is 7.11 Å². The molecule has 0 bridgehead atoms. The average Bonchev–Trinajstić information content (AvgIpc) is 3.19. The van der Waals surface area contributed by atoms with E-state index in [1.807, 2.05) is 24.3 Å². The van der Waals surface area contributed by atoms with Crippen LogP contribution in [0.2, 0.25) is 0 Å². The fraction of sp³-hybridized carbons (Fsp3) is 0.500. The summed E-state index contributed by atoms with van der Waals surface area (Å²) < 4.78 is 10.5. The summed E-state index contributed by atoms with van der Waals surface area (Å²) in [5, 5.41) is 4.04. The first-order chi connectivity index (χ1) is 10.3. The Kier molecular flexibility index (Phi) is 4.20. The molecular formula is C16H21N3O2. The first-order valence-corrected chi connectivity index (χ1v) is 7.49. The molecule has 21 heavy (non-hydrogen) atoms. The lowest BCUT2D eigenvalue weighted by Gasteiger charge is -2.16. The van der Waals surface area contributed by atoms with Crippen LogP contribution in [0.3, 0.4) is 0 Å². The fourth-order valence-corrected chi connectivity index (χ4v) is 2.95. The van der Waals surface area contributed by atoms with Gasteiger partial charge >= 0.3 is 0 Å². The third-order valence-electron chi connectivity index (χ3n) is 4.23. The summed E-state index contributed by atoms with van der Waals surface area (Å²) in [6.45, 7) is 0. The summed E-state index contributed by atoms with van der Waals surface area (Å²) >= 11 is 0. The second-order valence-electron chi connectivity index (χ2n) is 5.65. The highest BCUT2D eigenvalue weighted by Gasteiger charge is 2.24. The van der Waals surface area contributed by atoms with Crippen LogP contribution in [-0.2, 0) is 6.42 Å². The minimum Gasteiger partial charge on any atom is -0.497 e. The first kappa shape index (κ1) is 14.1. The topological polar surface area (TPSA) is 74.2 Å². The van der Waals surface area contributed by atoms with E-state index in [1.165, 1.54) is 25.7 Å². The molecule has 5 heteroatoms. The highest BCUT2D eigenvalue weighted by molar-refractivity contribution is 5.55. The van der Waals surface area contributed by atoms with Gasteiger partial charge in [-0.25, -0.2) is 0 Å². The van der Waals surface area contributed by atoms with Crippen molar-refractivity contribution in [1.82, 2.24) is 10.1 Å². The molecule has 1 aromatic carbocycles. The number of nitrogens with zero attached hydrogens (tertiary/aromatic N) is 2. The quantitative estimate of drug-likeness (QED) is 0.915. The van der Waals surface area contributed by atoms with Crippen molar-refractivity contribution in [3.05, 3.63) is 30.2 Å². The number of aromatic nitrogens is 2. The summed E-state index contributed by atoms with van der Waals surface area (Å²) in [6.07, 6.45) is 5.69. The van der Waals surface area contributed by atoms with E-state index in [0.29, 0.717) is 24.1 Å². The Morgan fingerprint density at radius 3 is 2.67 bits per heavy atom. The first-order valence-electron chi connectivity index (χ1n) is 7.49. The number of rotatable bonds is 5. The van der Waals surface area contributed by atoms with Crippen LogP contribution in [0.1, 0.15) is 31.6 Å². The molecule has 112 valence electrons. The molecule has 0 amide bonds. The van der Waals surface area contributed by atoms with Gasteiger partial charge in [-0.1, -0.05) is 18.0 Å². The SMILES string of the molecule is COc1ccc(-c2noc(CC(N)C3CCCC3)n2)cc1. The van der Waals surface area contributed by atoms with Gasteiger partial charge in [0.2, 0.25) is 11.7 Å². The Morgan fingerprint density at radius 2 is 2.00 bits per heavy atom. The number of benzene rings is 1. The van der Waals surface area contributed by atoms with E-state index in [-0.39, 0.29) is 6.04 Å². The second-order valence-corrected chi connectivity index (χ2v) is 5.65. The van der Waals surface area contributed by atoms with Gasteiger partial charge in [0.25, 0.3) is 0 Å². The molecule has 0 aliphatic heterocycles. The normalized spacial score (nSPS) is 17.0. The van der Waals surface area contributed by atoms with Crippen molar-refractivity contribution in [2.45, 2.75) is 38.1 Å². The standard InChI is InChI=1S/C16H21N3O2/c1-20-13-8-6-12(7-9-13)16-18-15(21-19-16)10-14(17)11-4-2-3-5-11/h6-9,11,14H,2-5,10,17H2,1H3. The summed E-state index contributed by atoms with van der Waals surface area (Å²) in [4.78, 5) is 4.45. The number of hydrogen-bond donors (Lipinski definition) is 1. The fourth-order valence-electron chi connectivity index (χ4n) is 2.95. The van der Waals surface area contributed by atoms with E-state index in [1.54, 1.807) is 7.11 Å². The molecule has 0 saturated heterocycles. The molecule has 1 saturated carbocycles. The molecule has 0 radical (unpaired) electrons. The lowest BCUT2D eigenvalue weighted by molar-refractivity contribution is 0.341. The van der Waals surface area contributed by atoms with E-state index >= 15 is 0 Å². The molecular weight excluding hydrogens is 266 g/mol. The molecule has 1 atom stereocenters. The summed E-state index contributed by atoms with van der Waals surface area (Å²) in [5.74, 6) is 2.64. The van der Waals surface area contributed by atoms with Gasteiger partial charge in [-0.15, -0.1) is 0 Å². The number of hydrogen-bond acceptors (Lipinski definition) is 5. The predicted molar refractivity (Wildman–Crippen MR) is 79.9 cm³/mol. The molecule has 1 fully saturated rings. The molecule has 3 rings (SSSR count). The number of nitrogens with two attached hydrogens (primary N) is 1. The Bertz CT molecular complexity index is 573. The third kappa shape index (κ3) is 3.24. The highest BCUT2D eigenvalue weighted by Crippen LogP contribution is 2.28. The van der Waals surface area contributed by atoms with Crippen molar-refractivity contribution in [1.29, 1.82) is 0 Å². The molecule has 2 N–H and O–H groups in total. The minimum absolute atomic E-state index is 0.122. The average molecular weight is 287 g/mol. The van der Waals surface area contributed by atoms with Gasteiger partial charge in [0, 0.05) is 18.0 Å². The van der Waals surface area contributed by atoms with Gasteiger partial charge < -0.3 is 15.0 Å². The van der Waals surface area contributed by atoms with E-state index < -0.39 is 0 Å². The van der Waals surface area contributed by atoms with Crippen LogP contribution in [0.15, 0.2) is 28.8 Å². The summed E-state index contributed by atoms with van der Waals surface area (Å²) in [6, 6.07) is 7.73. The summed E-state index contributed by atoms with van der Waals surface area (Å²) in [7, 11) is 1.64. The van der Waals surface area contributed by atoms with Crippen LogP contribution >= 0.6 is 0 Å². The smallest absolute Gasteiger partial charge is 0.228 e. The Balaban J connectivity index is 1.67. The van der Waals surface area contributed by atoms with Crippen molar-refractivity contribution < 1.29 is 9.26 Å². The van der Waals surface area contributed by atoms with Crippen molar-refractivity contribution in [2.75, 3.05) is 7.11 Å². The van der Waals surface area contributed by atoms with Crippen LogP contribution < -0.4 is 10.5 Å². The minimum atomic E-state index is 0.122. The van der Waals surface area contributed by atoms with Gasteiger partial charge in [-0.05, 0) is 43.0 Å². The zero-order valence-corrected chi connectivity index (χ0v) is 12.3. The van der Waals surface area contributed by atoms with Gasteiger partial charge in [-0.3, -0.25) is 0 Å². The lowest BCUT2D eigenvalue weighted by Crippen LogP contribution is -2.30. The van der Waals surface area contributed by atoms with Crippen molar-refractivity contribution >= 4 is 0 Å². The maximum Gasteiger partial charge on any atom is 0.228 e. The zero-order chi connectivity index (χ0) is 14.7. The van der Waals surface area contributed by atoms with E-state index in [9.17, 15) is 0 Å². The number of ether oxygens (including phenoxy) is 1. The monoisotopic (exact) mass is 287 g/mol. The molecule has 1 aromatic heterocycles. The molecule has 2 aromatic rings. The maximum atomic E-state index is 6.25. The second kappa shape index (κ2) is 6.26. The lowest BCUT2D eigenvalue weighted by atomic mass is 9.96. The van der Waals surface area contributed by atoms with E-state index in [0.717, 1.165) is 11.3 Å². The number of methoxy groups -OCH3 is 1. The molecule has 1 unspecified atom stereocenters. The van der Waals surface area contributed by atoms with Crippen LogP contribution in [0.25, 0.3) is 11.4 Å². The molecule has 1 heterocycles. The molecule has 1 aliphatic carbocycles. The van der Waals surface area contributed by atoms with Gasteiger partial charge in [0.1, 0.15) is 5.75 Å². The maximum absolute atomic E-state index is 6.25. The Hall–Kier alpha value is -1.88. The van der Waals surface area contributed by atoms with Crippen LogP contribution in [0.4, 0.5) is 0 Å². The summed E-state index contributed by atoms with van der Waals surface area (Å²) in [5.41, 5.74) is 7.17. The third-order valence-corrected chi connectivity index (χ3v) is 4.23. The highest BCUT2D eigenvalue weighted by atomic mass is 16.5. The van der Waals surface area contributed by atoms with Crippen LogP contribution in [0, 0.1) is 5.92 Å². The zero-order valence-electron chi connectivity index (χ0n) is 12.3. The van der Waals surface area contributed by atoms with E-state index in [4.69, 9.17) is 15.0 Å². The van der Waals surface area contributed by atoms with Crippen molar-refractivity contribution in [3.8, 4) is 17.1 Å². The van der Waals surface area contributed by atoms with Crippen molar-refractivity contribution in [3.63, 3.8) is 0 Å². The molecule has 5 nitrogen and oxygen atoms in total. The molecule has 1 aliphatic rings. The van der Waals surface area contributed by atoms with Crippen molar-refractivity contribution in [2.24, 2.45) is 11.7 Å². The largest absolute Gasteiger partial charge is 0.497 e. The van der Waals surface area contributed by atoms with Crippen LogP contribution in [0.5, 0.6) is 5.75 Å².